The van der Waals surface area contributed by atoms with Crippen LogP contribution in [0.1, 0.15) is 37.0 Å². The van der Waals surface area contributed by atoms with Crippen LogP contribution in [-0.4, -0.2) is 22.2 Å². The highest BCUT2D eigenvalue weighted by Gasteiger charge is 2.40. The van der Waals surface area contributed by atoms with E-state index in [0.29, 0.717) is 22.4 Å². The van der Waals surface area contributed by atoms with Crippen molar-refractivity contribution in [1.82, 2.24) is 0 Å². The number of hydrogen-bond acceptors (Lipinski definition) is 6. The quantitative estimate of drug-likeness (QED) is 0.162. The van der Waals surface area contributed by atoms with E-state index in [0.717, 1.165) is 42.0 Å². The molecule has 3 aromatic carbocycles. The monoisotopic (exact) mass is 599 g/mol. The molecule has 3 aromatic rings. The predicted molar refractivity (Wildman–Crippen MR) is 163 cm³/mol. The molecule has 0 spiro atoms. The lowest BCUT2D eigenvalue weighted by Crippen LogP contribution is -2.31. The zero-order chi connectivity index (χ0) is 30.6. The highest BCUT2D eigenvalue weighted by molar-refractivity contribution is 8.00. The Morgan fingerprint density at radius 3 is 2.40 bits per heavy atom. The number of aryl methyl sites for hydroxylation is 3. The van der Waals surface area contributed by atoms with Gasteiger partial charge in [0, 0.05) is 40.0 Å². The number of halogens is 2. The van der Waals surface area contributed by atoms with E-state index in [4.69, 9.17) is 4.42 Å². The van der Waals surface area contributed by atoms with Gasteiger partial charge in [0.1, 0.15) is 11.3 Å². The summed E-state index contributed by atoms with van der Waals surface area (Å²) in [7, 11) is 0. The molecule has 1 saturated heterocycles. The van der Waals surface area contributed by atoms with Gasteiger partial charge in [0.15, 0.2) is 17.4 Å². The van der Waals surface area contributed by atoms with Gasteiger partial charge in [-0.05, 0) is 78.4 Å². The Morgan fingerprint density at radius 2 is 1.67 bits per heavy atom. The molecule has 1 aliphatic carbocycles. The van der Waals surface area contributed by atoms with Crippen LogP contribution in [-0.2, 0) is 22.4 Å². The molecule has 6 nitrogen and oxygen atoms in total. The number of rotatable bonds is 6. The standard InChI is InChI=1S/C34H27F2NO5S/c1-4-18-6-8-21(11-19(18)5-2)43-31-16-32(40)37(34(31)41)20-7-9-22(17(3)10-20)33-23-12-25(35)27(38)14-29(23)42-30-15-28(39)26(36)13-24(30)33/h6-15,31,38H,4-5,16H2,1-3H3. The van der Waals surface area contributed by atoms with Crippen molar-refractivity contribution in [2.75, 3.05) is 4.90 Å². The van der Waals surface area contributed by atoms with E-state index in [9.17, 15) is 28.3 Å². The third-order valence-electron chi connectivity index (χ3n) is 7.90. The Labute approximate surface area is 250 Å². The molecule has 2 heterocycles. The smallest absolute Gasteiger partial charge is 0.247 e. The van der Waals surface area contributed by atoms with E-state index in [1.807, 2.05) is 6.07 Å². The number of hydrogen-bond donors (Lipinski definition) is 1. The molecule has 0 bridgehead atoms. The third-order valence-corrected chi connectivity index (χ3v) is 9.08. The number of carbonyl (C=O) groups excluding carboxylic acids is 2. The normalized spacial score (nSPS) is 15.3. The second kappa shape index (κ2) is 11.0. The number of carbonyl (C=O) groups is 2. The van der Waals surface area contributed by atoms with Gasteiger partial charge in [-0.2, -0.15) is 0 Å². The molecule has 0 radical (unpaired) electrons. The number of aromatic hydroxyl groups is 1. The van der Waals surface area contributed by atoms with Crippen LogP contribution in [0.2, 0.25) is 0 Å². The number of phenols is 1. The lowest BCUT2D eigenvalue weighted by Gasteiger charge is -2.20. The molecule has 43 heavy (non-hydrogen) atoms. The number of imide groups is 1. The summed E-state index contributed by atoms with van der Waals surface area (Å²) in [4.78, 5) is 40.8. The van der Waals surface area contributed by atoms with E-state index in [-0.39, 0.29) is 40.5 Å². The Hall–Kier alpha value is -4.50. The number of benzene rings is 4. The van der Waals surface area contributed by atoms with E-state index in [1.165, 1.54) is 27.8 Å². The molecule has 0 saturated carbocycles. The van der Waals surface area contributed by atoms with Crippen LogP contribution in [0.3, 0.4) is 0 Å². The van der Waals surface area contributed by atoms with Gasteiger partial charge in [0.05, 0.1) is 10.9 Å². The highest BCUT2D eigenvalue weighted by Crippen LogP contribution is 2.44. The molecular formula is C34H27F2NO5S. The van der Waals surface area contributed by atoms with Gasteiger partial charge >= 0.3 is 0 Å². The maximum Gasteiger partial charge on any atom is 0.247 e. The first kappa shape index (κ1) is 28.6. The van der Waals surface area contributed by atoms with Crippen LogP contribution in [0.4, 0.5) is 14.5 Å². The molecular weight excluding hydrogens is 572 g/mol. The lowest BCUT2D eigenvalue weighted by atomic mass is 9.90. The molecule has 6 rings (SSSR count). The van der Waals surface area contributed by atoms with E-state index in [1.54, 1.807) is 25.1 Å². The SMILES string of the molecule is CCc1ccc(SC2CC(=O)N(c3ccc(-c4c5cc(F)c(=O)cc-5oc5cc(O)c(F)cc45)c(C)c3)C2=O)cc1CC. The fourth-order valence-electron chi connectivity index (χ4n) is 5.74. The van der Waals surface area contributed by atoms with Crippen molar-refractivity contribution in [1.29, 1.82) is 0 Å². The van der Waals surface area contributed by atoms with Crippen LogP contribution in [0, 0.1) is 18.6 Å². The van der Waals surface area contributed by atoms with Crippen LogP contribution in [0.15, 0.2) is 74.8 Å². The number of fused-ring (bicyclic) bond motifs is 2. The van der Waals surface area contributed by atoms with Gasteiger partial charge < -0.3 is 9.52 Å². The first-order valence-electron chi connectivity index (χ1n) is 13.9. The topological polar surface area (TPSA) is 87.8 Å². The fraction of sp³-hybridized carbons (Fsp3) is 0.206. The second-order valence-corrected chi connectivity index (χ2v) is 11.8. The fourth-order valence-corrected chi connectivity index (χ4v) is 6.86. The average Bonchev–Trinajstić information content (AvgIpc) is 3.25. The minimum Gasteiger partial charge on any atom is -0.505 e. The molecule has 2 amide bonds. The van der Waals surface area contributed by atoms with Crippen LogP contribution in [0.25, 0.3) is 33.4 Å². The van der Waals surface area contributed by atoms with Crippen molar-refractivity contribution < 1.29 is 27.9 Å². The van der Waals surface area contributed by atoms with Crippen molar-refractivity contribution in [3.8, 4) is 28.2 Å². The summed E-state index contributed by atoms with van der Waals surface area (Å²) in [5, 5.41) is 9.64. The summed E-state index contributed by atoms with van der Waals surface area (Å²) in [5.41, 5.74) is 3.88. The lowest BCUT2D eigenvalue weighted by molar-refractivity contribution is -0.121. The minimum absolute atomic E-state index is 0.0614. The maximum atomic E-state index is 14.5. The molecule has 9 heteroatoms. The number of nitrogens with zero attached hydrogens (tertiary/aromatic N) is 1. The van der Waals surface area contributed by atoms with E-state index >= 15 is 0 Å². The average molecular weight is 600 g/mol. The molecule has 1 unspecified atom stereocenters. The van der Waals surface area contributed by atoms with Gasteiger partial charge in [-0.1, -0.05) is 26.0 Å². The second-order valence-electron chi connectivity index (χ2n) is 10.6. The van der Waals surface area contributed by atoms with Gasteiger partial charge in [-0.15, -0.1) is 11.8 Å². The van der Waals surface area contributed by atoms with Crippen molar-refractivity contribution in [2.24, 2.45) is 0 Å². The van der Waals surface area contributed by atoms with Crippen molar-refractivity contribution >= 4 is 40.2 Å². The zero-order valence-corrected chi connectivity index (χ0v) is 24.5. The number of anilines is 1. The Balaban J connectivity index is 1.39. The molecule has 3 aliphatic rings. The molecule has 1 fully saturated rings. The van der Waals surface area contributed by atoms with Crippen molar-refractivity contribution in [3.63, 3.8) is 0 Å². The van der Waals surface area contributed by atoms with Crippen LogP contribution in [0.5, 0.6) is 5.75 Å². The van der Waals surface area contributed by atoms with E-state index < -0.39 is 28.1 Å². The Bertz CT molecular complexity index is 1980. The summed E-state index contributed by atoms with van der Waals surface area (Å²) in [6, 6.07) is 15.4. The third kappa shape index (κ3) is 4.97. The largest absolute Gasteiger partial charge is 0.505 e. The summed E-state index contributed by atoms with van der Waals surface area (Å²) >= 11 is 1.38. The molecule has 218 valence electrons. The van der Waals surface area contributed by atoms with Crippen molar-refractivity contribution in [3.05, 3.63) is 99.2 Å². The number of amides is 2. The summed E-state index contributed by atoms with van der Waals surface area (Å²) in [6.07, 6.45) is 1.87. The van der Waals surface area contributed by atoms with Crippen LogP contribution >= 0.6 is 11.8 Å². The van der Waals surface area contributed by atoms with E-state index in [2.05, 4.69) is 26.0 Å². The molecule has 2 aliphatic heterocycles. The maximum absolute atomic E-state index is 14.5. The summed E-state index contributed by atoms with van der Waals surface area (Å²) in [6.45, 7) is 5.96. The first-order valence-corrected chi connectivity index (χ1v) is 14.8. The molecule has 1 atom stereocenters. The van der Waals surface area contributed by atoms with Gasteiger partial charge in [-0.3, -0.25) is 14.4 Å². The van der Waals surface area contributed by atoms with Crippen LogP contribution < -0.4 is 10.3 Å². The zero-order valence-electron chi connectivity index (χ0n) is 23.7. The Kier molecular flexibility index (Phi) is 7.30. The molecule has 1 N–H and O–H groups in total. The minimum atomic E-state index is -0.996. The van der Waals surface area contributed by atoms with Gasteiger partial charge in [0.2, 0.25) is 17.2 Å². The molecule has 0 aromatic heterocycles. The number of phenolic OH excluding ortho intramolecular Hbond substituents is 1. The first-order chi connectivity index (χ1) is 20.6. The van der Waals surface area contributed by atoms with Crippen molar-refractivity contribution in [2.45, 2.75) is 50.2 Å². The predicted octanol–water partition coefficient (Wildman–Crippen LogP) is 7.41. The summed E-state index contributed by atoms with van der Waals surface area (Å²) < 4.78 is 34.7. The number of thioether (sulfide) groups is 1. The highest BCUT2D eigenvalue weighted by atomic mass is 32.2. The van der Waals surface area contributed by atoms with Gasteiger partial charge in [-0.25, -0.2) is 13.7 Å². The Morgan fingerprint density at radius 1 is 0.907 bits per heavy atom. The summed E-state index contributed by atoms with van der Waals surface area (Å²) in [5.74, 6) is -3.09. The van der Waals surface area contributed by atoms with Gasteiger partial charge in [0.25, 0.3) is 0 Å².